The number of rotatable bonds is 6. The Morgan fingerprint density at radius 1 is 1.42 bits per heavy atom. The van der Waals surface area contributed by atoms with Crippen LogP contribution in [-0.2, 0) is 13.1 Å². The van der Waals surface area contributed by atoms with Crippen LogP contribution in [0.1, 0.15) is 24.6 Å². The van der Waals surface area contributed by atoms with E-state index >= 15 is 0 Å². The standard InChI is InChI=1S/C14H17BrFN3/c1-2-5-17-7-13-9-19(10-18-13)8-11-3-4-12(15)6-14(11)16/h3-4,6,9-10,17H,2,5,7-8H2,1H3. The zero-order chi connectivity index (χ0) is 13.7. The molecule has 2 aromatic rings. The van der Waals surface area contributed by atoms with Gasteiger partial charge in [0.1, 0.15) is 5.82 Å². The Hall–Kier alpha value is -1.20. The summed E-state index contributed by atoms with van der Waals surface area (Å²) in [6.07, 6.45) is 4.79. The van der Waals surface area contributed by atoms with Crippen LogP contribution in [0.15, 0.2) is 35.2 Å². The summed E-state index contributed by atoms with van der Waals surface area (Å²) in [7, 11) is 0. The molecular formula is C14H17BrFN3. The third-order valence-electron chi connectivity index (χ3n) is 2.79. The van der Waals surface area contributed by atoms with Gasteiger partial charge in [-0.15, -0.1) is 0 Å². The second-order valence-electron chi connectivity index (χ2n) is 4.45. The van der Waals surface area contributed by atoms with Crippen LogP contribution in [0, 0.1) is 5.82 Å². The molecule has 102 valence electrons. The molecule has 1 aromatic heterocycles. The summed E-state index contributed by atoms with van der Waals surface area (Å²) in [6, 6.07) is 5.11. The first-order chi connectivity index (χ1) is 9.19. The Morgan fingerprint density at radius 2 is 2.26 bits per heavy atom. The molecule has 0 unspecified atom stereocenters. The Kier molecular flexibility index (Phi) is 5.10. The first kappa shape index (κ1) is 14.2. The molecular weight excluding hydrogens is 309 g/mol. The van der Waals surface area contributed by atoms with Gasteiger partial charge in [-0.05, 0) is 25.1 Å². The topological polar surface area (TPSA) is 29.9 Å². The summed E-state index contributed by atoms with van der Waals surface area (Å²) in [5.74, 6) is -0.200. The van der Waals surface area contributed by atoms with E-state index in [-0.39, 0.29) is 5.82 Å². The molecule has 0 radical (unpaired) electrons. The van der Waals surface area contributed by atoms with Crippen LogP contribution in [0.25, 0.3) is 0 Å². The Morgan fingerprint density at radius 3 is 3.00 bits per heavy atom. The fourth-order valence-corrected chi connectivity index (χ4v) is 2.16. The van der Waals surface area contributed by atoms with Gasteiger partial charge in [-0.25, -0.2) is 9.37 Å². The zero-order valence-electron chi connectivity index (χ0n) is 10.9. The van der Waals surface area contributed by atoms with Crippen LogP contribution >= 0.6 is 15.9 Å². The largest absolute Gasteiger partial charge is 0.333 e. The van der Waals surface area contributed by atoms with Crippen LogP contribution in [-0.4, -0.2) is 16.1 Å². The Bertz CT molecular complexity index is 539. The molecule has 1 N–H and O–H groups in total. The van der Waals surface area contributed by atoms with Crippen LogP contribution in [0.5, 0.6) is 0 Å². The third-order valence-corrected chi connectivity index (χ3v) is 3.28. The lowest BCUT2D eigenvalue weighted by atomic mass is 10.2. The minimum absolute atomic E-state index is 0.200. The summed E-state index contributed by atoms with van der Waals surface area (Å²) >= 11 is 3.25. The van der Waals surface area contributed by atoms with E-state index in [9.17, 15) is 4.39 Å². The van der Waals surface area contributed by atoms with E-state index in [0.717, 1.165) is 29.7 Å². The highest BCUT2D eigenvalue weighted by atomic mass is 79.9. The molecule has 0 fully saturated rings. The SMILES string of the molecule is CCCNCc1cn(Cc2ccc(Br)cc2F)cn1. The summed E-state index contributed by atoms with van der Waals surface area (Å²) in [5, 5.41) is 3.29. The number of imidazole rings is 1. The predicted molar refractivity (Wildman–Crippen MR) is 77.4 cm³/mol. The molecule has 2 rings (SSSR count). The molecule has 0 saturated carbocycles. The summed E-state index contributed by atoms with van der Waals surface area (Å²) < 4.78 is 16.4. The first-order valence-electron chi connectivity index (χ1n) is 6.34. The lowest BCUT2D eigenvalue weighted by molar-refractivity contribution is 0.598. The Labute approximate surface area is 121 Å². The van der Waals surface area contributed by atoms with Gasteiger partial charge in [0, 0.05) is 22.8 Å². The zero-order valence-corrected chi connectivity index (χ0v) is 12.5. The van der Waals surface area contributed by atoms with E-state index < -0.39 is 0 Å². The van der Waals surface area contributed by atoms with Crippen LogP contribution in [0.2, 0.25) is 0 Å². The van der Waals surface area contributed by atoms with Crippen molar-refractivity contribution >= 4 is 15.9 Å². The van der Waals surface area contributed by atoms with Gasteiger partial charge in [-0.2, -0.15) is 0 Å². The molecule has 3 nitrogen and oxygen atoms in total. The fraction of sp³-hybridized carbons (Fsp3) is 0.357. The number of hydrogen-bond donors (Lipinski definition) is 1. The van der Waals surface area contributed by atoms with Crippen molar-refractivity contribution in [3.63, 3.8) is 0 Å². The molecule has 0 atom stereocenters. The molecule has 5 heteroatoms. The molecule has 1 heterocycles. The minimum atomic E-state index is -0.200. The predicted octanol–water partition coefficient (Wildman–Crippen LogP) is 3.33. The van der Waals surface area contributed by atoms with Crippen molar-refractivity contribution in [1.82, 2.24) is 14.9 Å². The van der Waals surface area contributed by atoms with Crippen molar-refractivity contribution in [3.8, 4) is 0 Å². The molecule has 19 heavy (non-hydrogen) atoms. The van der Waals surface area contributed by atoms with Gasteiger partial charge < -0.3 is 9.88 Å². The summed E-state index contributed by atoms with van der Waals surface area (Å²) in [5.41, 5.74) is 1.64. The van der Waals surface area contributed by atoms with Crippen LogP contribution in [0.3, 0.4) is 0 Å². The monoisotopic (exact) mass is 325 g/mol. The minimum Gasteiger partial charge on any atom is -0.333 e. The maximum absolute atomic E-state index is 13.7. The number of halogens is 2. The number of nitrogens with zero attached hydrogens (tertiary/aromatic N) is 2. The summed E-state index contributed by atoms with van der Waals surface area (Å²) in [4.78, 5) is 4.30. The highest BCUT2D eigenvalue weighted by Gasteiger charge is 2.05. The van der Waals surface area contributed by atoms with Gasteiger partial charge in [-0.3, -0.25) is 0 Å². The third kappa shape index (κ3) is 4.14. The number of hydrogen-bond acceptors (Lipinski definition) is 2. The Balaban J connectivity index is 1.99. The average molecular weight is 326 g/mol. The van der Waals surface area contributed by atoms with E-state index in [1.54, 1.807) is 12.4 Å². The molecule has 0 aliphatic heterocycles. The van der Waals surface area contributed by atoms with Crippen molar-refractivity contribution < 1.29 is 4.39 Å². The van der Waals surface area contributed by atoms with Crippen molar-refractivity contribution in [1.29, 1.82) is 0 Å². The maximum Gasteiger partial charge on any atom is 0.129 e. The summed E-state index contributed by atoms with van der Waals surface area (Å²) in [6.45, 7) is 4.36. The van der Waals surface area contributed by atoms with Gasteiger partial charge in [-0.1, -0.05) is 28.9 Å². The van der Waals surface area contributed by atoms with Gasteiger partial charge in [0.2, 0.25) is 0 Å². The maximum atomic E-state index is 13.7. The van der Waals surface area contributed by atoms with Crippen molar-refractivity contribution in [2.24, 2.45) is 0 Å². The van der Waals surface area contributed by atoms with Gasteiger partial charge in [0.05, 0.1) is 18.6 Å². The first-order valence-corrected chi connectivity index (χ1v) is 7.13. The smallest absolute Gasteiger partial charge is 0.129 e. The highest BCUT2D eigenvalue weighted by Crippen LogP contribution is 2.16. The number of nitrogens with one attached hydrogen (secondary N) is 1. The van der Waals surface area contributed by atoms with Gasteiger partial charge in [0.25, 0.3) is 0 Å². The molecule has 0 bridgehead atoms. The van der Waals surface area contributed by atoms with E-state index in [1.165, 1.54) is 6.07 Å². The second kappa shape index (κ2) is 6.82. The lowest BCUT2D eigenvalue weighted by Crippen LogP contribution is -2.13. The normalized spacial score (nSPS) is 10.9. The second-order valence-corrected chi connectivity index (χ2v) is 5.37. The average Bonchev–Trinajstić information content (AvgIpc) is 2.81. The molecule has 0 aliphatic rings. The quantitative estimate of drug-likeness (QED) is 0.825. The van der Waals surface area contributed by atoms with Crippen molar-refractivity contribution in [2.45, 2.75) is 26.4 Å². The lowest BCUT2D eigenvalue weighted by Gasteiger charge is -2.04. The van der Waals surface area contributed by atoms with Crippen molar-refractivity contribution in [3.05, 3.63) is 52.3 Å². The fourth-order valence-electron chi connectivity index (χ4n) is 1.82. The number of aromatic nitrogens is 2. The molecule has 0 aliphatic carbocycles. The highest BCUT2D eigenvalue weighted by molar-refractivity contribution is 9.10. The molecule has 1 aromatic carbocycles. The van der Waals surface area contributed by atoms with E-state index in [1.807, 2.05) is 16.8 Å². The molecule has 0 amide bonds. The van der Waals surface area contributed by atoms with Crippen LogP contribution in [0.4, 0.5) is 4.39 Å². The van der Waals surface area contributed by atoms with E-state index in [4.69, 9.17) is 0 Å². The van der Waals surface area contributed by atoms with Crippen LogP contribution < -0.4 is 5.32 Å². The van der Waals surface area contributed by atoms with Crippen molar-refractivity contribution in [2.75, 3.05) is 6.54 Å². The number of benzene rings is 1. The molecule has 0 saturated heterocycles. The molecule has 0 spiro atoms. The van der Waals surface area contributed by atoms with Gasteiger partial charge >= 0.3 is 0 Å². The van der Waals surface area contributed by atoms with E-state index in [0.29, 0.717) is 12.1 Å². The van der Waals surface area contributed by atoms with E-state index in [2.05, 4.69) is 33.2 Å². The van der Waals surface area contributed by atoms with Gasteiger partial charge in [0.15, 0.2) is 0 Å².